The molecule has 6 nitrogen and oxygen atoms in total. The van der Waals surface area contributed by atoms with Gasteiger partial charge in [-0.2, -0.15) is 5.10 Å². The van der Waals surface area contributed by atoms with E-state index in [4.69, 9.17) is 0 Å². The number of aromatic nitrogens is 3. The average Bonchev–Trinajstić information content (AvgIpc) is 2.86. The van der Waals surface area contributed by atoms with Gasteiger partial charge in [-0.05, 0) is 19.4 Å². The minimum Gasteiger partial charge on any atom is -0.356 e. The minimum absolute atomic E-state index is 0.0443. The number of benzene rings is 1. The first-order chi connectivity index (χ1) is 11.1. The van der Waals surface area contributed by atoms with Gasteiger partial charge in [-0.1, -0.05) is 18.2 Å². The fraction of sp³-hybridized carbons (Fsp3) is 0.353. The van der Waals surface area contributed by atoms with Crippen molar-refractivity contribution in [2.75, 3.05) is 6.54 Å². The van der Waals surface area contributed by atoms with Crippen LogP contribution in [-0.2, 0) is 18.4 Å². The zero-order valence-electron chi connectivity index (χ0n) is 13.4. The number of nitrogens with zero attached hydrogens (tertiary/aromatic N) is 3. The van der Waals surface area contributed by atoms with E-state index in [1.807, 2.05) is 35.8 Å². The third kappa shape index (κ3) is 2.72. The summed E-state index contributed by atoms with van der Waals surface area (Å²) in [5.74, 6) is 0.0443. The normalized spacial score (nSPS) is 11.2. The van der Waals surface area contributed by atoms with Gasteiger partial charge in [0.2, 0.25) is 5.91 Å². The second-order valence-corrected chi connectivity index (χ2v) is 5.56. The maximum Gasteiger partial charge on any atom is 0.291 e. The Morgan fingerprint density at radius 3 is 2.83 bits per heavy atom. The van der Waals surface area contributed by atoms with Crippen molar-refractivity contribution < 1.29 is 4.79 Å². The quantitative estimate of drug-likeness (QED) is 0.781. The van der Waals surface area contributed by atoms with Crippen LogP contribution in [0.25, 0.3) is 21.8 Å². The van der Waals surface area contributed by atoms with Crippen LogP contribution in [0.1, 0.15) is 19.8 Å². The molecule has 0 aliphatic rings. The lowest BCUT2D eigenvalue weighted by molar-refractivity contribution is -0.121. The molecule has 0 saturated heterocycles. The van der Waals surface area contributed by atoms with Gasteiger partial charge in [0.05, 0.1) is 6.20 Å². The van der Waals surface area contributed by atoms with Crippen molar-refractivity contribution in [3.8, 4) is 0 Å². The number of hydrogen-bond acceptors (Lipinski definition) is 3. The molecule has 3 rings (SSSR count). The van der Waals surface area contributed by atoms with Gasteiger partial charge in [-0.3, -0.25) is 9.59 Å². The van der Waals surface area contributed by atoms with Gasteiger partial charge in [-0.15, -0.1) is 0 Å². The number of carbonyl (C=O) groups excluding carboxylic acids is 1. The number of nitrogens with one attached hydrogen (secondary N) is 1. The van der Waals surface area contributed by atoms with Gasteiger partial charge in [0, 0.05) is 42.8 Å². The molecular weight excluding hydrogens is 292 g/mol. The van der Waals surface area contributed by atoms with E-state index in [9.17, 15) is 9.59 Å². The summed E-state index contributed by atoms with van der Waals surface area (Å²) in [7, 11) is 1.65. The highest BCUT2D eigenvalue weighted by molar-refractivity contribution is 6.07. The zero-order chi connectivity index (χ0) is 16.4. The van der Waals surface area contributed by atoms with Gasteiger partial charge < -0.3 is 9.88 Å². The molecule has 2 aromatic heterocycles. The summed E-state index contributed by atoms with van der Waals surface area (Å²) in [4.78, 5) is 24.1. The van der Waals surface area contributed by atoms with Crippen molar-refractivity contribution in [1.29, 1.82) is 0 Å². The Balaban J connectivity index is 2.04. The van der Waals surface area contributed by atoms with Crippen molar-refractivity contribution >= 4 is 27.7 Å². The Bertz CT molecular complexity index is 923. The highest BCUT2D eigenvalue weighted by atomic mass is 16.1. The van der Waals surface area contributed by atoms with E-state index >= 15 is 0 Å². The third-order valence-corrected chi connectivity index (χ3v) is 4.03. The van der Waals surface area contributed by atoms with E-state index < -0.39 is 0 Å². The maximum atomic E-state index is 12.5. The summed E-state index contributed by atoms with van der Waals surface area (Å²) in [5.41, 5.74) is 1.54. The van der Waals surface area contributed by atoms with Crippen LogP contribution in [0.3, 0.4) is 0 Å². The summed E-state index contributed by atoms with van der Waals surface area (Å²) < 4.78 is 3.36. The molecule has 1 aromatic carbocycles. The predicted molar refractivity (Wildman–Crippen MR) is 90.4 cm³/mol. The lowest BCUT2D eigenvalue weighted by Crippen LogP contribution is -2.23. The fourth-order valence-corrected chi connectivity index (χ4v) is 2.96. The molecule has 23 heavy (non-hydrogen) atoms. The Morgan fingerprint density at radius 1 is 1.26 bits per heavy atom. The molecule has 1 amide bonds. The number of rotatable bonds is 5. The summed E-state index contributed by atoms with van der Waals surface area (Å²) in [6.07, 6.45) is 2.87. The van der Waals surface area contributed by atoms with Gasteiger partial charge in [0.15, 0.2) is 0 Å². The Labute approximate surface area is 133 Å². The highest BCUT2D eigenvalue weighted by Crippen LogP contribution is 2.26. The van der Waals surface area contributed by atoms with Crippen LogP contribution < -0.4 is 10.9 Å². The topological polar surface area (TPSA) is 68.9 Å². The highest BCUT2D eigenvalue weighted by Gasteiger charge is 2.14. The first-order valence-electron chi connectivity index (χ1n) is 7.83. The van der Waals surface area contributed by atoms with Crippen molar-refractivity contribution in [3.63, 3.8) is 0 Å². The van der Waals surface area contributed by atoms with E-state index in [-0.39, 0.29) is 11.5 Å². The second-order valence-electron chi connectivity index (χ2n) is 5.56. The van der Waals surface area contributed by atoms with Crippen molar-refractivity contribution in [2.45, 2.75) is 26.3 Å². The van der Waals surface area contributed by atoms with E-state index in [1.165, 1.54) is 4.68 Å². The molecule has 0 saturated carbocycles. The number of aryl methyl sites for hydroxylation is 2. The first-order valence-corrected chi connectivity index (χ1v) is 7.83. The minimum atomic E-state index is -0.114. The molecule has 2 heterocycles. The maximum absolute atomic E-state index is 12.5. The molecule has 0 unspecified atom stereocenters. The van der Waals surface area contributed by atoms with Gasteiger partial charge in [0.1, 0.15) is 5.52 Å². The average molecular weight is 312 g/mol. The number of carbonyl (C=O) groups is 1. The molecule has 0 fully saturated rings. The molecule has 0 spiro atoms. The lowest BCUT2D eigenvalue weighted by atomic mass is 10.2. The van der Waals surface area contributed by atoms with Gasteiger partial charge in [-0.25, -0.2) is 4.68 Å². The van der Waals surface area contributed by atoms with Crippen molar-refractivity contribution in [1.82, 2.24) is 19.7 Å². The van der Waals surface area contributed by atoms with Crippen LogP contribution in [0, 0.1) is 0 Å². The molecule has 0 aliphatic carbocycles. The summed E-state index contributed by atoms with van der Waals surface area (Å²) in [5, 5.41) is 8.81. The molecule has 0 atom stereocenters. The Kier molecular flexibility index (Phi) is 4.14. The number of hydrogen-bond donors (Lipinski definition) is 1. The predicted octanol–water partition coefficient (Wildman–Crippen LogP) is 1.80. The number of amides is 1. The number of para-hydroxylation sites is 1. The van der Waals surface area contributed by atoms with Crippen LogP contribution in [0.4, 0.5) is 0 Å². The smallest absolute Gasteiger partial charge is 0.291 e. The Morgan fingerprint density at radius 2 is 2.04 bits per heavy atom. The monoisotopic (exact) mass is 312 g/mol. The van der Waals surface area contributed by atoms with E-state index in [0.717, 1.165) is 16.3 Å². The molecule has 3 aromatic rings. The van der Waals surface area contributed by atoms with Crippen molar-refractivity contribution in [3.05, 3.63) is 40.8 Å². The molecule has 6 heteroatoms. The number of fused-ring (bicyclic) bond motifs is 3. The summed E-state index contributed by atoms with van der Waals surface area (Å²) >= 11 is 0. The standard InChI is InChI=1S/C17H20N4O2/c1-3-18-15(22)9-6-10-21-14-8-5-4-7-12(14)13-11-19-20(2)17(23)16(13)21/h4-5,7-8,11H,3,6,9-10H2,1-2H3,(H,18,22). The second kappa shape index (κ2) is 6.24. The molecule has 0 bridgehead atoms. The summed E-state index contributed by atoms with van der Waals surface area (Å²) in [6, 6.07) is 7.91. The molecule has 0 radical (unpaired) electrons. The van der Waals surface area contributed by atoms with E-state index in [0.29, 0.717) is 31.4 Å². The third-order valence-electron chi connectivity index (χ3n) is 4.03. The first kappa shape index (κ1) is 15.3. The van der Waals surface area contributed by atoms with Crippen LogP contribution in [-0.4, -0.2) is 26.8 Å². The SMILES string of the molecule is CCNC(=O)CCCn1c2ccccc2c2cnn(C)c(=O)c21. The van der Waals surface area contributed by atoms with Crippen LogP contribution in [0.2, 0.25) is 0 Å². The molecule has 1 N–H and O–H groups in total. The lowest BCUT2D eigenvalue weighted by Gasteiger charge is -2.07. The van der Waals surface area contributed by atoms with Crippen molar-refractivity contribution in [2.24, 2.45) is 7.05 Å². The van der Waals surface area contributed by atoms with Gasteiger partial charge in [0.25, 0.3) is 5.56 Å². The fourth-order valence-electron chi connectivity index (χ4n) is 2.96. The molecular formula is C17H20N4O2. The zero-order valence-corrected chi connectivity index (χ0v) is 13.4. The largest absolute Gasteiger partial charge is 0.356 e. The van der Waals surface area contributed by atoms with Gasteiger partial charge >= 0.3 is 0 Å². The molecule has 120 valence electrons. The van der Waals surface area contributed by atoms with E-state index in [1.54, 1.807) is 13.2 Å². The summed E-state index contributed by atoms with van der Waals surface area (Å²) in [6.45, 7) is 3.17. The van der Waals surface area contributed by atoms with Crippen LogP contribution in [0.5, 0.6) is 0 Å². The Hall–Kier alpha value is -2.63. The van der Waals surface area contributed by atoms with Crippen LogP contribution >= 0.6 is 0 Å². The molecule has 0 aliphatic heterocycles. The van der Waals surface area contributed by atoms with Crippen LogP contribution in [0.15, 0.2) is 35.3 Å². The van der Waals surface area contributed by atoms with E-state index in [2.05, 4.69) is 10.4 Å².